The number of aromatic nitrogens is 1. The minimum absolute atomic E-state index is 0. The molecule has 1 N–H and O–H groups in total. The molecule has 114 valence electrons. The molecule has 0 aliphatic carbocycles. The summed E-state index contributed by atoms with van der Waals surface area (Å²) >= 11 is 0. The molecular formula is C15H19Cl2N3O. The third-order valence-electron chi connectivity index (χ3n) is 3.64. The zero-order valence-corrected chi connectivity index (χ0v) is 13.4. The summed E-state index contributed by atoms with van der Waals surface area (Å²) in [5.74, 6) is 0.0331. The Kier molecular flexibility index (Phi) is 6.40. The summed E-state index contributed by atoms with van der Waals surface area (Å²) in [5.41, 5.74) is 0.562. The van der Waals surface area contributed by atoms with Crippen LogP contribution in [0.2, 0.25) is 0 Å². The van der Waals surface area contributed by atoms with Gasteiger partial charge in [0.05, 0.1) is 0 Å². The maximum atomic E-state index is 12.7. The van der Waals surface area contributed by atoms with Crippen LogP contribution < -0.4 is 5.32 Å². The third-order valence-corrected chi connectivity index (χ3v) is 3.64. The van der Waals surface area contributed by atoms with Gasteiger partial charge in [-0.05, 0) is 18.4 Å². The molecule has 21 heavy (non-hydrogen) atoms. The molecule has 1 atom stereocenters. The van der Waals surface area contributed by atoms with Crippen LogP contribution in [0, 0.1) is 0 Å². The van der Waals surface area contributed by atoms with Gasteiger partial charge in [0, 0.05) is 37.3 Å². The van der Waals surface area contributed by atoms with E-state index in [1.807, 2.05) is 35.2 Å². The largest absolute Gasteiger partial charge is 0.332 e. The standard InChI is InChI=1S/C15H17N3O.2ClH/c1-11-10-16-8-9-18(11)15(19)14-13-5-3-2-4-12(13)6-7-17-14;;/h2-7,11,16H,8-10H2,1H3;2*1H/t11-;;/m0../s1. The van der Waals surface area contributed by atoms with Crippen LogP contribution in [0.3, 0.4) is 0 Å². The summed E-state index contributed by atoms with van der Waals surface area (Å²) in [6.45, 7) is 4.50. The summed E-state index contributed by atoms with van der Waals surface area (Å²) in [4.78, 5) is 18.9. The van der Waals surface area contributed by atoms with Gasteiger partial charge in [-0.2, -0.15) is 0 Å². The fraction of sp³-hybridized carbons (Fsp3) is 0.333. The smallest absolute Gasteiger partial charge is 0.273 e. The van der Waals surface area contributed by atoms with Crippen molar-refractivity contribution in [3.05, 3.63) is 42.2 Å². The van der Waals surface area contributed by atoms with Crippen molar-refractivity contribution < 1.29 is 4.79 Å². The Morgan fingerprint density at radius 1 is 1.29 bits per heavy atom. The van der Waals surface area contributed by atoms with E-state index in [0.29, 0.717) is 5.69 Å². The molecule has 1 aromatic carbocycles. The number of piperazine rings is 1. The maximum Gasteiger partial charge on any atom is 0.273 e. The number of fused-ring (bicyclic) bond motifs is 1. The van der Waals surface area contributed by atoms with E-state index < -0.39 is 0 Å². The lowest BCUT2D eigenvalue weighted by Gasteiger charge is -2.33. The summed E-state index contributed by atoms with van der Waals surface area (Å²) in [7, 11) is 0. The number of nitrogens with zero attached hydrogens (tertiary/aromatic N) is 2. The van der Waals surface area contributed by atoms with Crippen molar-refractivity contribution >= 4 is 41.5 Å². The van der Waals surface area contributed by atoms with Crippen LogP contribution in [-0.2, 0) is 0 Å². The van der Waals surface area contributed by atoms with Gasteiger partial charge in [0.1, 0.15) is 5.69 Å². The van der Waals surface area contributed by atoms with Crippen molar-refractivity contribution in [3.63, 3.8) is 0 Å². The van der Waals surface area contributed by atoms with Gasteiger partial charge < -0.3 is 10.2 Å². The molecule has 1 saturated heterocycles. The quantitative estimate of drug-likeness (QED) is 0.875. The fourth-order valence-electron chi connectivity index (χ4n) is 2.57. The molecule has 6 heteroatoms. The second-order valence-corrected chi connectivity index (χ2v) is 4.93. The third kappa shape index (κ3) is 3.46. The highest BCUT2D eigenvalue weighted by Crippen LogP contribution is 2.19. The number of hydrogen-bond acceptors (Lipinski definition) is 3. The molecule has 1 aromatic heterocycles. The monoisotopic (exact) mass is 327 g/mol. The molecule has 0 spiro atoms. The topological polar surface area (TPSA) is 45.2 Å². The van der Waals surface area contributed by atoms with Gasteiger partial charge in [-0.1, -0.05) is 24.3 Å². The van der Waals surface area contributed by atoms with Gasteiger partial charge in [0.2, 0.25) is 0 Å². The van der Waals surface area contributed by atoms with E-state index in [9.17, 15) is 4.79 Å². The van der Waals surface area contributed by atoms with Crippen LogP contribution in [-0.4, -0.2) is 41.5 Å². The number of rotatable bonds is 1. The predicted molar refractivity (Wildman–Crippen MR) is 89.6 cm³/mol. The first-order valence-electron chi connectivity index (χ1n) is 6.63. The average molecular weight is 328 g/mol. The molecule has 4 nitrogen and oxygen atoms in total. The van der Waals surface area contributed by atoms with E-state index in [1.165, 1.54) is 0 Å². The predicted octanol–water partition coefficient (Wildman–Crippen LogP) is 2.51. The van der Waals surface area contributed by atoms with Crippen molar-refractivity contribution in [1.29, 1.82) is 0 Å². The first kappa shape index (κ1) is 17.7. The summed E-state index contributed by atoms with van der Waals surface area (Å²) in [6.07, 6.45) is 1.71. The number of halogens is 2. The van der Waals surface area contributed by atoms with Crippen molar-refractivity contribution in [3.8, 4) is 0 Å². The minimum atomic E-state index is 0. The first-order chi connectivity index (χ1) is 9.27. The molecular weight excluding hydrogens is 309 g/mol. The van der Waals surface area contributed by atoms with Gasteiger partial charge in [-0.15, -0.1) is 24.8 Å². The van der Waals surface area contributed by atoms with Crippen molar-refractivity contribution in [1.82, 2.24) is 15.2 Å². The minimum Gasteiger partial charge on any atom is -0.332 e. The Balaban J connectivity index is 0.00000110. The zero-order chi connectivity index (χ0) is 13.2. The van der Waals surface area contributed by atoms with E-state index in [4.69, 9.17) is 0 Å². The summed E-state index contributed by atoms with van der Waals surface area (Å²) in [6, 6.07) is 10.0. The van der Waals surface area contributed by atoms with Crippen molar-refractivity contribution in [2.24, 2.45) is 0 Å². The highest BCUT2D eigenvalue weighted by atomic mass is 35.5. The molecule has 1 aliphatic heterocycles. The Morgan fingerprint density at radius 2 is 2.05 bits per heavy atom. The first-order valence-corrected chi connectivity index (χ1v) is 6.63. The lowest BCUT2D eigenvalue weighted by atomic mass is 10.1. The van der Waals surface area contributed by atoms with E-state index in [-0.39, 0.29) is 36.8 Å². The lowest BCUT2D eigenvalue weighted by molar-refractivity contribution is 0.0652. The summed E-state index contributed by atoms with van der Waals surface area (Å²) < 4.78 is 0. The van der Waals surface area contributed by atoms with Crippen LogP contribution in [0.4, 0.5) is 0 Å². The molecule has 0 bridgehead atoms. The number of hydrogen-bond donors (Lipinski definition) is 1. The van der Waals surface area contributed by atoms with Gasteiger partial charge in [0.15, 0.2) is 0 Å². The molecule has 1 amide bonds. The second-order valence-electron chi connectivity index (χ2n) is 4.93. The van der Waals surface area contributed by atoms with E-state index in [1.54, 1.807) is 6.20 Å². The SMILES string of the molecule is C[C@H]1CNCCN1C(=O)c1nccc2ccccc12.Cl.Cl. The molecule has 0 radical (unpaired) electrons. The van der Waals surface area contributed by atoms with Crippen molar-refractivity contribution in [2.45, 2.75) is 13.0 Å². The molecule has 1 aliphatic rings. The number of nitrogens with one attached hydrogen (secondary N) is 1. The normalized spacial score (nSPS) is 17.8. The van der Waals surface area contributed by atoms with Gasteiger partial charge >= 0.3 is 0 Å². The lowest BCUT2D eigenvalue weighted by Crippen LogP contribution is -2.52. The zero-order valence-electron chi connectivity index (χ0n) is 11.8. The number of benzene rings is 1. The van der Waals surface area contributed by atoms with Crippen LogP contribution in [0.1, 0.15) is 17.4 Å². The number of carbonyl (C=O) groups excluding carboxylic acids is 1. The Bertz CT molecular complexity index is 615. The molecule has 3 rings (SSSR count). The highest BCUT2D eigenvalue weighted by Gasteiger charge is 2.25. The Labute approximate surface area is 136 Å². The Morgan fingerprint density at radius 3 is 2.81 bits per heavy atom. The van der Waals surface area contributed by atoms with Crippen LogP contribution in [0.25, 0.3) is 10.8 Å². The fourth-order valence-corrected chi connectivity index (χ4v) is 2.57. The van der Waals surface area contributed by atoms with E-state index in [0.717, 1.165) is 30.4 Å². The highest BCUT2D eigenvalue weighted by molar-refractivity contribution is 6.05. The van der Waals surface area contributed by atoms with Gasteiger partial charge in [-0.3, -0.25) is 9.78 Å². The van der Waals surface area contributed by atoms with E-state index in [2.05, 4.69) is 17.2 Å². The molecule has 2 heterocycles. The van der Waals surface area contributed by atoms with Gasteiger partial charge in [-0.25, -0.2) is 0 Å². The van der Waals surface area contributed by atoms with Crippen molar-refractivity contribution in [2.75, 3.05) is 19.6 Å². The molecule has 2 aromatic rings. The Hall–Kier alpha value is -1.36. The van der Waals surface area contributed by atoms with Crippen LogP contribution in [0.5, 0.6) is 0 Å². The maximum absolute atomic E-state index is 12.7. The second kappa shape index (κ2) is 7.59. The molecule has 1 fully saturated rings. The van der Waals surface area contributed by atoms with E-state index >= 15 is 0 Å². The molecule has 0 saturated carbocycles. The molecule has 0 unspecified atom stereocenters. The van der Waals surface area contributed by atoms with Gasteiger partial charge in [0.25, 0.3) is 5.91 Å². The number of carbonyl (C=O) groups is 1. The summed E-state index contributed by atoms with van der Waals surface area (Å²) in [5, 5.41) is 5.28. The number of pyridine rings is 1. The number of amides is 1. The van der Waals surface area contributed by atoms with Crippen LogP contribution in [0.15, 0.2) is 36.5 Å². The average Bonchev–Trinajstić information content (AvgIpc) is 2.46. The van der Waals surface area contributed by atoms with Crippen LogP contribution >= 0.6 is 24.8 Å².